The van der Waals surface area contributed by atoms with Gasteiger partial charge in [-0.05, 0) is 99.2 Å². The molecule has 0 heterocycles. The van der Waals surface area contributed by atoms with Crippen LogP contribution >= 0.6 is 0 Å². The van der Waals surface area contributed by atoms with E-state index in [1.54, 1.807) is 37.4 Å². The highest BCUT2D eigenvalue weighted by atomic mass is 16.5. The monoisotopic (exact) mass is 786 g/mol. The van der Waals surface area contributed by atoms with E-state index < -0.39 is 17.9 Å². The van der Waals surface area contributed by atoms with Crippen LogP contribution in [-0.4, -0.2) is 77.9 Å². The maximum absolute atomic E-state index is 13.3. The summed E-state index contributed by atoms with van der Waals surface area (Å²) in [7, 11) is 1.68. The number of hydrogen-bond donors (Lipinski definition) is 0. The van der Waals surface area contributed by atoms with Crippen molar-refractivity contribution in [1.82, 2.24) is 0 Å². The van der Waals surface area contributed by atoms with E-state index in [-0.39, 0.29) is 0 Å². The lowest BCUT2D eigenvalue weighted by molar-refractivity contribution is -0.138. The molecule has 3 aromatic rings. The predicted molar refractivity (Wildman–Crippen MR) is 220 cm³/mol. The van der Waals surface area contributed by atoms with Crippen LogP contribution in [0, 0.1) is 0 Å². The van der Waals surface area contributed by atoms with Gasteiger partial charge in [-0.1, -0.05) is 56.1 Å². The van der Waals surface area contributed by atoms with Gasteiger partial charge in [0.1, 0.15) is 11.5 Å². The number of benzene rings is 3. The van der Waals surface area contributed by atoms with Crippen LogP contribution in [0.15, 0.2) is 98.6 Å². The van der Waals surface area contributed by atoms with Gasteiger partial charge in [-0.3, -0.25) is 0 Å². The second kappa shape index (κ2) is 28.1. The average molecular weight is 787 g/mol. The number of methoxy groups -OCH3 is 1. The van der Waals surface area contributed by atoms with Crippen molar-refractivity contribution in [2.75, 3.05) is 60.0 Å². The molecule has 11 heteroatoms. The zero-order valence-corrected chi connectivity index (χ0v) is 33.3. The molecule has 57 heavy (non-hydrogen) atoms. The van der Waals surface area contributed by atoms with E-state index in [0.29, 0.717) is 81.4 Å². The van der Waals surface area contributed by atoms with Crippen molar-refractivity contribution < 1.29 is 52.3 Å². The Morgan fingerprint density at radius 1 is 0.526 bits per heavy atom. The summed E-state index contributed by atoms with van der Waals surface area (Å²) in [5.41, 5.74) is 3.18. The normalized spacial score (nSPS) is 10.6. The molecule has 0 aliphatic carbocycles. The van der Waals surface area contributed by atoms with Crippen molar-refractivity contribution in [3.63, 3.8) is 0 Å². The number of rotatable bonds is 31. The Bertz CT molecular complexity index is 1660. The van der Waals surface area contributed by atoms with Crippen LogP contribution in [0.3, 0.4) is 0 Å². The summed E-state index contributed by atoms with van der Waals surface area (Å²) >= 11 is 0. The molecule has 0 bridgehead atoms. The molecule has 0 aliphatic heterocycles. The molecule has 0 saturated carbocycles. The van der Waals surface area contributed by atoms with Crippen molar-refractivity contribution in [1.29, 1.82) is 0 Å². The minimum Gasteiger partial charge on any atom is -0.494 e. The second-order valence-electron chi connectivity index (χ2n) is 13.0. The third-order valence-corrected chi connectivity index (χ3v) is 8.55. The lowest BCUT2D eigenvalue weighted by atomic mass is 10.0. The van der Waals surface area contributed by atoms with E-state index in [4.69, 9.17) is 37.9 Å². The Labute approximate surface area is 337 Å². The SMILES string of the molecule is C=CC(=O)OCCCCCCOc1ccc(C(=O)Oc2ccc(-c3ccc(C(=C)OCCCOCCCOC)cc3)cc2)cc1OCCCCCCOC(=O)C=C. The zero-order valence-electron chi connectivity index (χ0n) is 33.3. The fourth-order valence-electron chi connectivity index (χ4n) is 5.39. The number of hydrogen-bond acceptors (Lipinski definition) is 11. The van der Waals surface area contributed by atoms with Gasteiger partial charge in [0.05, 0.1) is 38.6 Å². The molecule has 3 aromatic carbocycles. The molecule has 11 nitrogen and oxygen atoms in total. The van der Waals surface area contributed by atoms with Crippen LogP contribution in [0.4, 0.5) is 0 Å². The first-order chi connectivity index (χ1) is 27.8. The highest BCUT2D eigenvalue weighted by Gasteiger charge is 2.15. The number of carbonyl (C=O) groups excluding carboxylic acids is 3. The van der Waals surface area contributed by atoms with Crippen LogP contribution in [0.25, 0.3) is 16.9 Å². The van der Waals surface area contributed by atoms with E-state index in [0.717, 1.165) is 93.1 Å². The zero-order chi connectivity index (χ0) is 40.9. The summed E-state index contributed by atoms with van der Waals surface area (Å²) in [4.78, 5) is 35.7. The summed E-state index contributed by atoms with van der Waals surface area (Å²) in [6.45, 7) is 15.0. The van der Waals surface area contributed by atoms with E-state index >= 15 is 0 Å². The number of esters is 3. The maximum atomic E-state index is 13.3. The largest absolute Gasteiger partial charge is 0.494 e. The number of unbranched alkanes of at least 4 members (excludes halogenated alkanes) is 6. The summed E-state index contributed by atoms with van der Waals surface area (Å²) in [5, 5.41) is 0. The fourth-order valence-corrected chi connectivity index (χ4v) is 5.39. The number of ether oxygens (including phenoxy) is 8. The average Bonchev–Trinajstić information content (AvgIpc) is 3.23. The summed E-state index contributed by atoms with van der Waals surface area (Å²) in [6, 6.07) is 20.3. The first-order valence-electron chi connectivity index (χ1n) is 19.6. The quantitative estimate of drug-likeness (QED) is 0.0204. The molecular formula is C46H58O11. The van der Waals surface area contributed by atoms with Crippen molar-refractivity contribution in [2.45, 2.75) is 64.2 Å². The van der Waals surface area contributed by atoms with E-state index in [1.807, 2.05) is 36.4 Å². The summed E-state index contributed by atoms with van der Waals surface area (Å²) in [5.74, 6) is 0.641. The highest BCUT2D eigenvalue weighted by Crippen LogP contribution is 2.30. The van der Waals surface area contributed by atoms with Crippen molar-refractivity contribution in [3.8, 4) is 28.4 Å². The first-order valence-corrected chi connectivity index (χ1v) is 19.6. The van der Waals surface area contributed by atoms with Crippen LogP contribution in [0.2, 0.25) is 0 Å². The predicted octanol–water partition coefficient (Wildman–Crippen LogP) is 9.34. The smallest absolute Gasteiger partial charge is 0.343 e. The number of carbonyl (C=O) groups is 3. The van der Waals surface area contributed by atoms with Gasteiger partial charge in [0.2, 0.25) is 0 Å². The minimum absolute atomic E-state index is 0.326. The van der Waals surface area contributed by atoms with Crippen molar-refractivity contribution >= 4 is 23.7 Å². The van der Waals surface area contributed by atoms with Gasteiger partial charge in [0, 0.05) is 51.1 Å². The maximum Gasteiger partial charge on any atom is 0.343 e. The van der Waals surface area contributed by atoms with E-state index in [1.165, 1.54) is 0 Å². The van der Waals surface area contributed by atoms with Crippen LogP contribution in [0.5, 0.6) is 17.2 Å². The molecule has 3 rings (SSSR count). The van der Waals surface area contributed by atoms with Gasteiger partial charge in [-0.25, -0.2) is 14.4 Å². The molecule has 0 unspecified atom stereocenters. The van der Waals surface area contributed by atoms with Gasteiger partial charge >= 0.3 is 17.9 Å². The lowest BCUT2D eigenvalue weighted by Crippen LogP contribution is -2.10. The van der Waals surface area contributed by atoms with Crippen molar-refractivity contribution in [2.24, 2.45) is 0 Å². The molecule has 0 aliphatic rings. The van der Waals surface area contributed by atoms with Gasteiger partial charge in [-0.2, -0.15) is 0 Å². The molecule has 0 fully saturated rings. The molecular weight excluding hydrogens is 728 g/mol. The van der Waals surface area contributed by atoms with Crippen LogP contribution < -0.4 is 14.2 Å². The third kappa shape index (κ3) is 18.9. The molecule has 0 saturated heterocycles. The Hall–Kier alpha value is -5.39. The van der Waals surface area contributed by atoms with Gasteiger partial charge in [0.15, 0.2) is 11.5 Å². The van der Waals surface area contributed by atoms with Gasteiger partial charge in [-0.15, -0.1) is 0 Å². The minimum atomic E-state index is -0.522. The Kier molecular flexibility index (Phi) is 22.7. The Balaban J connectivity index is 1.51. The van der Waals surface area contributed by atoms with E-state index in [2.05, 4.69) is 19.7 Å². The molecule has 0 amide bonds. The summed E-state index contributed by atoms with van der Waals surface area (Å²) < 4.78 is 44.3. The van der Waals surface area contributed by atoms with E-state index in [9.17, 15) is 14.4 Å². The lowest BCUT2D eigenvalue weighted by Gasteiger charge is -2.14. The molecule has 0 radical (unpaired) electrons. The standard InChI is InChI=1S/C46H58O11/c1-5-44(47)55-32-13-9-7-11-30-53-42-26-23-40(35-43(42)54-31-12-8-10-14-33-56-45(48)6-2)46(49)57-41-24-21-39(22-25-41)38-19-17-37(18-20-38)36(3)52-34-16-29-51-28-15-27-50-4/h5-6,17-26,35H,1-3,7-16,27-34H2,4H3. The van der Waals surface area contributed by atoms with Crippen LogP contribution in [0.1, 0.15) is 80.1 Å². The molecule has 0 spiro atoms. The summed E-state index contributed by atoms with van der Waals surface area (Å²) in [6.07, 6.45) is 10.6. The Morgan fingerprint density at radius 3 is 1.58 bits per heavy atom. The Morgan fingerprint density at radius 2 is 1.02 bits per heavy atom. The highest BCUT2D eigenvalue weighted by molar-refractivity contribution is 5.92. The first kappa shape index (κ1) is 46.0. The van der Waals surface area contributed by atoms with Gasteiger partial charge in [0.25, 0.3) is 0 Å². The van der Waals surface area contributed by atoms with Crippen molar-refractivity contribution in [3.05, 3.63) is 110 Å². The van der Waals surface area contributed by atoms with Gasteiger partial charge < -0.3 is 37.9 Å². The van der Waals surface area contributed by atoms with Crippen LogP contribution in [-0.2, 0) is 33.3 Å². The third-order valence-electron chi connectivity index (χ3n) is 8.55. The second-order valence-corrected chi connectivity index (χ2v) is 13.0. The molecule has 308 valence electrons. The molecule has 0 N–H and O–H groups in total. The fraction of sp³-hybridized carbons (Fsp3) is 0.413. The topological polar surface area (TPSA) is 125 Å². The molecule has 0 atom stereocenters. The molecule has 0 aromatic heterocycles.